The van der Waals surface area contributed by atoms with Gasteiger partial charge in [-0.05, 0) is 43.5 Å². The lowest BCUT2D eigenvalue weighted by Crippen LogP contribution is -2.53. The zero-order valence-electron chi connectivity index (χ0n) is 21.5. The Morgan fingerprint density at radius 1 is 1.18 bits per heavy atom. The first kappa shape index (κ1) is 25.1. The van der Waals surface area contributed by atoms with Gasteiger partial charge in [0.05, 0.1) is 23.1 Å². The Labute approximate surface area is 230 Å². The van der Waals surface area contributed by atoms with Crippen molar-refractivity contribution in [2.45, 2.75) is 42.1 Å². The number of hydrogen-bond acceptors (Lipinski definition) is 6. The number of hydrogen-bond donors (Lipinski definition) is 2. The number of carbonyl (C=O) groups is 3. The average molecular weight is 541 g/mol. The molecule has 0 radical (unpaired) electrons. The third-order valence-electron chi connectivity index (χ3n) is 7.40. The molecule has 0 spiro atoms. The van der Waals surface area contributed by atoms with Crippen LogP contribution in [0.25, 0.3) is 11.3 Å². The van der Waals surface area contributed by atoms with Gasteiger partial charge in [-0.25, -0.2) is 9.78 Å². The Bertz CT molecular complexity index is 1480. The molecule has 4 amide bonds. The lowest BCUT2D eigenvalue weighted by molar-refractivity contribution is -0.129. The van der Waals surface area contributed by atoms with Crippen LogP contribution in [0.1, 0.15) is 30.0 Å². The third kappa shape index (κ3) is 4.54. The van der Waals surface area contributed by atoms with E-state index in [1.807, 2.05) is 49.4 Å². The van der Waals surface area contributed by atoms with Crippen molar-refractivity contribution in [1.29, 1.82) is 0 Å². The summed E-state index contributed by atoms with van der Waals surface area (Å²) < 4.78 is 0. The summed E-state index contributed by atoms with van der Waals surface area (Å²) in [5.41, 5.74) is 4.85. The first-order chi connectivity index (χ1) is 18.9. The molecule has 3 aromatic rings. The zero-order valence-corrected chi connectivity index (χ0v) is 22.3. The maximum absolute atomic E-state index is 13.6. The molecule has 3 aliphatic rings. The normalized spacial score (nSPS) is 21.7. The van der Waals surface area contributed by atoms with Gasteiger partial charge in [0.15, 0.2) is 0 Å². The van der Waals surface area contributed by atoms with Gasteiger partial charge in [0.1, 0.15) is 10.3 Å². The van der Waals surface area contributed by atoms with Crippen LogP contribution < -0.4 is 15.5 Å². The number of piperidine rings is 1. The Balaban J connectivity index is 1.28. The van der Waals surface area contributed by atoms with Gasteiger partial charge < -0.3 is 15.5 Å². The van der Waals surface area contributed by atoms with Crippen molar-refractivity contribution in [3.05, 3.63) is 78.6 Å². The Morgan fingerprint density at radius 3 is 2.79 bits per heavy atom. The number of aryl methyl sites for hydroxylation is 1. The van der Waals surface area contributed by atoms with Crippen LogP contribution in [0.3, 0.4) is 0 Å². The molecule has 3 aliphatic heterocycles. The fourth-order valence-electron chi connectivity index (χ4n) is 5.49. The number of rotatable bonds is 5. The van der Waals surface area contributed by atoms with Crippen LogP contribution >= 0.6 is 11.8 Å². The summed E-state index contributed by atoms with van der Waals surface area (Å²) in [7, 11) is 0. The molecule has 3 atom stereocenters. The standard InChI is InChI=1S/C29H28N6O3S/c1-3-23(36)34-13-7-10-19(16-34)32-27(37)26-25-24-21(11-12-30-28(24)39-26)35(29(38)33-25)22-14-20(31-15-17(22)2)18-8-5-4-6-9-18/h3-6,8-9,11-12,14-15,19,25-26H,1,7,10,13,16H2,2H3,(H,32,37)(H,33,38)/t19?,25?,26-/m1/s1. The number of anilines is 2. The molecular weight excluding hydrogens is 512 g/mol. The maximum atomic E-state index is 13.6. The molecule has 6 rings (SSSR count). The minimum Gasteiger partial charge on any atom is -0.351 e. The van der Waals surface area contributed by atoms with Crippen LogP contribution in [0.2, 0.25) is 0 Å². The monoisotopic (exact) mass is 540 g/mol. The molecule has 1 aromatic carbocycles. The van der Waals surface area contributed by atoms with Gasteiger partial charge in [-0.3, -0.25) is 19.5 Å². The second-order valence-electron chi connectivity index (χ2n) is 9.91. The molecule has 0 saturated carbocycles. The minimum atomic E-state index is -0.566. The first-order valence-corrected chi connectivity index (χ1v) is 13.8. The van der Waals surface area contributed by atoms with Gasteiger partial charge in [0.25, 0.3) is 0 Å². The molecule has 1 saturated heterocycles. The number of aromatic nitrogens is 2. The summed E-state index contributed by atoms with van der Waals surface area (Å²) in [6.45, 7) is 6.59. The van der Waals surface area contributed by atoms with Crippen molar-refractivity contribution in [3.8, 4) is 11.3 Å². The van der Waals surface area contributed by atoms with E-state index in [1.54, 1.807) is 22.2 Å². The highest BCUT2D eigenvalue weighted by atomic mass is 32.2. The highest BCUT2D eigenvalue weighted by molar-refractivity contribution is 8.01. The third-order valence-corrected chi connectivity index (χ3v) is 8.69. The Morgan fingerprint density at radius 2 is 2.00 bits per heavy atom. The Hall–Kier alpha value is -4.18. The highest BCUT2D eigenvalue weighted by Crippen LogP contribution is 2.51. The van der Waals surface area contributed by atoms with Crippen LogP contribution in [0.4, 0.5) is 16.2 Å². The molecule has 2 N–H and O–H groups in total. The van der Waals surface area contributed by atoms with Crippen molar-refractivity contribution < 1.29 is 14.4 Å². The second kappa shape index (κ2) is 10.2. The van der Waals surface area contributed by atoms with E-state index in [1.165, 1.54) is 17.8 Å². The molecule has 5 heterocycles. The quantitative estimate of drug-likeness (QED) is 0.472. The summed E-state index contributed by atoms with van der Waals surface area (Å²) in [4.78, 5) is 51.7. The predicted octanol–water partition coefficient (Wildman–Crippen LogP) is 4.12. The van der Waals surface area contributed by atoms with E-state index in [2.05, 4.69) is 27.2 Å². The number of pyridine rings is 2. The summed E-state index contributed by atoms with van der Waals surface area (Å²) in [5.74, 6) is -0.307. The molecule has 9 nitrogen and oxygen atoms in total. The van der Waals surface area contributed by atoms with E-state index in [-0.39, 0.29) is 23.9 Å². The van der Waals surface area contributed by atoms with E-state index in [0.29, 0.717) is 18.8 Å². The number of carbonyl (C=O) groups excluding carboxylic acids is 3. The summed E-state index contributed by atoms with van der Waals surface area (Å²) >= 11 is 1.36. The van der Waals surface area contributed by atoms with Gasteiger partial charge >= 0.3 is 6.03 Å². The van der Waals surface area contributed by atoms with Crippen molar-refractivity contribution in [3.63, 3.8) is 0 Å². The molecule has 0 aliphatic carbocycles. The summed E-state index contributed by atoms with van der Waals surface area (Å²) in [6.07, 6.45) is 6.35. The SMILES string of the molecule is C=CC(=O)N1CCCC(NC(=O)[C@@H]2Sc3nccc4c3C2NC(=O)N4c2cc(-c3ccccc3)ncc2C)C1. The number of nitrogens with zero attached hydrogens (tertiary/aromatic N) is 4. The topological polar surface area (TPSA) is 108 Å². The summed E-state index contributed by atoms with van der Waals surface area (Å²) in [6, 6.07) is 12.6. The van der Waals surface area contributed by atoms with Crippen molar-refractivity contribution in [2.24, 2.45) is 0 Å². The van der Waals surface area contributed by atoms with Crippen LogP contribution in [0.15, 0.2) is 72.5 Å². The zero-order chi connectivity index (χ0) is 27.1. The van der Waals surface area contributed by atoms with Crippen LogP contribution in [-0.2, 0) is 9.59 Å². The molecule has 0 bridgehead atoms. The number of benzene rings is 1. The van der Waals surface area contributed by atoms with Gasteiger partial charge in [0, 0.05) is 42.7 Å². The molecule has 198 valence electrons. The minimum absolute atomic E-state index is 0.133. The number of amides is 4. The lowest BCUT2D eigenvalue weighted by atomic mass is 9.98. The average Bonchev–Trinajstić information content (AvgIpc) is 3.33. The first-order valence-electron chi connectivity index (χ1n) is 12.9. The fraction of sp³-hybridized carbons (Fsp3) is 0.276. The molecule has 39 heavy (non-hydrogen) atoms. The maximum Gasteiger partial charge on any atom is 0.327 e. The van der Waals surface area contributed by atoms with E-state index < -0.39 is 11.3 Å². The highest BCUT2D eigenvalue weighted by Gasteiger charge is 2.47. The summed E-state index contributed by atoms with van der Waals surface area (Å²) in [5, 5.41) is 6.36. The second-order valence-corrected chi connectivity index (χ2v) is 11.0. The van der Waals surface area contributed by atoms with Crippen LogP contribution in [0.5, 0.6) is 0 Å². The number of thioether (sulfide) groups is 1. The molecular formula is C29H28N6O3S. The predicted molar refractivity (Wildman–Crippen MR) is 150 cm³/mol. The van der Waals surface area contributed by atoms with Crippen molar-refractivity contribution in [1.82, 2.24) is 25.5 Å². The molecule has 10 heteroatoms. The largest absolute Gasteiger partial charge is 0.351 e. The lowest BCUT2D eigenvalue weighted by Gasteiger charge is -2.36. The van der Waals surface area contributed by atoms with Crippen LogP contribution in [0, 0.1) is 6.92 Å². The number of likely N-dealkylation sites (tertiary alicyclic amines) is 1. The Kier molecular flexibility index (Phi) is 6.56. The molecule has 2 aromatic heterocycles. The van der Waals surface area contributed by atoms with Crippen molar-refractivity contribution >= 4 is 41.0 Å². The number of nitrogens with one attached hydrogen (secondary N) is 2. The number of urea groups is 1. The van der Waals surface area contributed by atoms with Gasteiger partial charge in [-0.2, -0.15) is 0 Å². The molecule has 1 fully saturated rings. The van der Waals surface area contributed by atoms with Crippen molar-refractivity contribution in [2.75, 3.05) is 18.0 Å². The van der Waals surface area contributed by atoms with Gasteiger partial charge in [0.2, 0.25) is 11.8 Å². The fourth-order valence-corrected chi connectivity index (χ4v) is 6.73. The van der Waals surface area contributed by atoms with E-state index in [0.717, 1.165) is 45.9 Å². The van der Waals surface area contributed by atoms with E-state index in [4.69, 9.17) is 0 Å². The van der Waals surface area contributed by atoms with E-state index in [9.17, 15) is 14.4 Å². The molecule has 2 unspecified atom stereocenters. The van der Waals surface area contributed by atoms with Crippen LogP contribution in [-0.4, -0.2) is 57.1 Å². The van der Waals surface area contributed by atoms with E-state index >= 15 is 0 Å². The van der Waals surface area contributed by atoms with Gasteiger partial charge in [-0.1, -0.05) is 48.7 Å². The smallest absolute Gasteiger partial charge is 0.327 e. The van der Waals surface area contributed by atoms with Gasteiger partial charge in [-0.15, -0.1) is 0 Å².